The SMILES string of the molecule is NC(=O)[C@@H]1CC(NC(=O)[C@@H](N)CCCN=C(N)N[N+](=O)[O-])CN1. The van der Waals surface area contributed by atoms with Crippen molar-refractivity contribution in [2.24, 2.45) is 22.2 Å². The molecule has 1 saturated heterocycles. The molecule has 12 heteroatoms. The molecule has 0 aromatic heterocycles. The minimum atomic E-state index is -0.812. The van der Waals surface area contributed by atoms with Crippen LogP contribution in [0.2, 0.25) is 0 Å². The molecule has 130 valence electrons. The maximum absolute atomic E-state index is 11.9. The van der Waals surface area contributed by atoms with Crippen molar-refractivity contribution >= 4 is 17.8 Å². The minimum Gasteiger partial charge on any atom is -0.368 e. The molecule has 1 rings (SSSR count). The molecule has 0 aromatic rings. The third kappa shape index (κ3) is 6.88. The highest BCUT2D eigenvalue weighted by Crippen LogP contribution is 2.06. The second-order valence-electron chi connectivity index (χ2n) is 5.19. The van der Waals surface area contributed by atoms with Crippen molar-refractivity contribution in [3.63, 3.8) is 0 Å². The number of nitrogens with two attached hydrogens (primary N) is 3. The zero-order valence-corrected chi connectivity index (χ0v) is 12.5. The van der Waals surface area contributed by atoms with Crippen molar-refractivity contribution in [1.82, 2.24) is 16.1 Å². The summed E-state index contributed by atoms with van der Waals surface area (Å²) in [5, 5.41) is 14.9. The van der Waals surface area contributed by atoms with Crippen LogP contribution in [0.1, 0.15) is 19.3 Å². The Morgan fingerprint density at radius 3 is 2.70 bits per heavy atom. The molecule has 0 saturated carbocycles. The lowest BCUT2D eigenvalue weighted by Gasteiger charge is -2.16. The Morgan fingerprint density at radius 1 is 1.43 bits per heavy atom. The van der Waals surface area contributed by atoms with Gasteiger partial charge in [-0.15, -0.1) is 0 Å². The van der Waals surface area contributed by atoms with Crippen molar-refractivity contribution in [3.05, 3.63) is 10.1 Å². The molecule has 23 heavy (non-hydrogen) atoms. The van der Waals surface area contributed by atoms with Gasteiger partial charge in [-0.05, 0) is 19.3 Å². The number of carbonyl (C=O) groups excluding carboxylic acids is 2. The summed E-state index contributed by atoms with van der Waals surface area (Å²) in [6.07, 6.45) is 1.23. The molecule has 12 nitrogen and oxygen atoms in total. The van der Waals surface area contributed by atoms with Gasteiger partial charge >= 0.3 is 0 Å². The van der Waals surface area contributed by atoms with Gasteiger partial charge in [0.2, 0.25) is 11.8 Å². The zero-order chi connectivity index (χ0) is 17.4. The van der Waals surface area contributed by atoms with Gasteiger partial charge in [-0.1, -0.05) is 5.43 Å². The first kappa shape index (κ1) is 18.6. The Kier molecular flexibility index (Phi) is 7.15. The zero-order valence-electron chi connectivity index (χ0n) is 12.5. The molecule has 1 aliphatic rings. The minimum absolute atomic E-state index is 0.191. The summed E-state index contributed by atoms with van der Waals surface area (Å²) in [6, 6.07) is -1.37. The standard InChI is InChI=1S/C11H22N8O4/c12-7(2-1-3-15-11(14)18-19(22)23)10(21)17-6-4-8(9(13)20)16-5-6/h6-8,16H,1-5,12H2,(H2,13,20)(H,17,21)(H3,14,15,18)/t6?,7-,8-/m0/s1. The molecule has 1 fully saturated rings. The number of nitrogens with one attached hydrogen (secondary N) is 3. The fraction of sp³-hybridized carbons (Fsp3) is 0.727. The van der Waals surface area contributed by atoms with Gasteiger partial charge < -0.3 is 27.8 Å². The Morgan fingerprint density at radius 2 is 2.13 bits per heavy atom. The lowest BCUT2D eigenvalue weighted by atomic mass is 10.1. The Bertz CT molecular complexity index is 483. The van der Waals surface area contributed by atoms with Gasteiger partial charge in [0, 0.05) is 19.1 Å². The number of nitro groups is 1. The van der Waals surface area contributed by atoms with Crippen molar-refractivity contribution in [2.45, 2.75) is 37.4 Å². The summed E-state index contributed by atoms with van der Waals surface area (Å²) >= 11 is 0. The van der Waals surface area contributed by atoms with E-state index in [-0.39, 0.29) is 24.5 Å². The lowest BCUT2D eigenvalue weighted by Crippen LogP contribution is -2.46. The van der Waals surface area contributed by atoms with Gasteiger partial charge in [-0.3, -0.25) is 9.59 Å². The molecule has 0 spiro atoms. The second-order valence-corrected chi connectivity index (χ2v) is 5.19. The molecule has 0 radical (unpaired) electrons. The fourth-order valence-electron chi connectivity index (χ4n) is 2.14. The van der Waals surface area contributed by atoms with Crippen LogP contribution in [0.3, 0.4) is 0 Å². The van der Waals surface area contributed by atoms with Crippen LogP contribution in [0.5, 0.6) is 0 Å². The highest BCUT2D eigenvalue weighted by atomic mass is 16.7. The average molecular weight is 330 g/mol. The summed E-state index contributed by atoms with van der Waals surface area (Å²) < 4.78 is 0. The summed E-state index contributed by atoms with van der Waals surface area (Å²) in [6.45, 7) is 0.668. The van der Waals surface area contributed by atoms with E-state index in [0.717, 1.165) is 0 Å². The topological polar surface area (TPSA) is 204 Å². The van der Waals surface area contributed by atoms with Crippen LogP contribution >= 0.6 is 0 Å². The molecule has 0 bridgehead atoms. The quantitative estimate of drug-likeness (QED) is 0.0864. The maximum atomic E-state index is 11.9. The second kappa shape index (κ2) is 8.85. The molecule has 1 aliphatic heterocycles. The number of rotatable bonds is 8. The molecule has 0 aliphatic carbocycles. The molecular formula is C11H22N8O4. The van der Waals surface area contributed by atoms with E-state index in [4.69, 9.17) is 17.2 Å². The Hall–Kier alpha value is -2.47. The van der Waals surface area contributed by atoms with Gasteiger partial charge in [-0.25, -0.2) is 15.1 Å². The number of amides is 2. The van der Waals surface area contributed by atoms with E-state index >= 15 is 0 Å². The van der Waals surface area contributed by atoms with Crippen LogP contribution in [0.15, 0.2) is 4.99 Å². The van der Waals surface area contributed by atoms with E-state index in [2.05, 4.69) is 15.6 Å². The molecule has 1 heterocycles. The highest BCUT2D eigenvalue weighted by Gasteiger charge is 2.29. The van der Waals surface area contributed by atoms with Crippen LogP contribution in [0, 0.1) is 10.1 Å². The molecule has 3 atom stereocenters. The van der Waals surface area contributed by atoms with E-state index in [1.54, 1.807) is 5.43 Å². The van der Waals surface area contributed by atoms with Gasteiger partial charge in [0.25, 0.3) is 5.96 Å². The van der Waals surface area contributed by atoms with Gasteiger partial charge in [-0.2, -0.15) is 0 Å². The number of hydrogen-bond donors (Lipinski definition) is 6. The van der Waals surface area contributed by atoms with Crippen molar-refractivity contribution < 1.29 is 14.6 Å². The lowest BCUT2D eigenvalue weighted by molar-refractivity contribution is -0.525. The number of primary amides is 1. The molecule has 1 unspecified atom stereocenters. The van der Waals surface area contributed by atoms with E-state index in [0.29, 0.717) is 25.8 Å². The van der Waals surface area contributed by atoms with Crippen LogP contribution in [-0.4, -0.2) is 54.0 Å². The number of guanidine groups is 1. The monoisotopic (exact) mass is 330 g/mol. The third-order valence-electron chi connectivity index (χ3n) is 3.32. The predicted molar refractivity (Wildman–Crippen MR) is 81.4 cm³/mol. The van der Waals surface area contributed by atoms with E-state index in [9.17, 15) is 19.7 Å². The fourth-order valence-corrected chi connectivity index (χ4v) is 2.14. The summed E-state index contributed by atoms with van der Waals surface area (Å²) in [5.41, 5.74) is 17.9. The number of nitrogens with zero attached hydrogens (tertiary/aromatic N) is 2. The van der Waals surface area contributed by atoms with Gasteiger partial charge in [0.15, 0.2) is 5.03 Å². The van der Waals surface area contributed by atoms with E-state index in [1.165, 1.54) is 0 Å². The maximum Gasteiger partial charge on any atom is 0.251 e. The molecular weight excluding hydrogens is 308 g/mol. The summed E-state index contributed by atoms with van der Waals surface area (Å²) in [5.74, 6) is -1.09. The number of aliphatic imine (C=N–C) groups is 1. The largest absolute Gasteiger partial charge is 0.368 e. The van der Waals surface area contributed by atoms with Crippen LogP contribution in [0.25, 0.3) is 0 Å². The van der Waals surface area contributed by atoms with Crippen LogP contribution in [0.4, 0.5) is 0 Å². The van der Waals surface area contributed by atoms with Gasteiger partial charge in [0.05, 0.1) is 12.1 Å². The third-order valence-corrected chi connectivity index (χ3v) is 3.32. The molecule has 0 aromatic carbocycles. The first-order chi connectivity index (χ1) is 10.8. The summed E-state index contributed by atoms with van der Waals surface area (Å²) in [7, 11) is 0. The average Bonchev–Trinajstić information content (AvgIpc) is 2.91. The van der Waals surface area contributed by atoms with Crippen molar-refractivity contribution in [1.29, 1.82) is 0 Å². The molecule has 9 N–H and O–H groups in total. The number of hydrazine groups is 1. The normalized spacial score (nSPS) is 22.4. The van der Waals surface area contributed by atoms with Crippen molar-refractivity contribution in [3.8, 4) is 0 Å². The first-order valence-corrected chi connectivity index (χ1v) is 7.09. The number of carbonyl (C=O) groups is 2. The predicted octanol–water partition coefficient (Wildman–Crippen LogP) is -3.48. The molecule has 2 amide bonds. The van der Waals surface area contributed by atoms with Crippen molar-refractivity contribution in [2.75, 3.05) is 13.1 Å². The van der Waals surface area contributed by atoms with E-state index in [1.807, 2.05) is 0 Å². The highest BCUT2D eigenvalue weighted by molar-refractivity contribution is 5.83. The van der Waals surface area contributed by atoms with Crippen LogP contribution in [-0.2, 0) is 9.59 Å². The van der Waals surface area contributed by atoms with E-state index < -0.39 is 23.0 Å². The smallest absolute Gasteiger partial charge is 0.251 e. The Labute approximate surface area is 132 Å². The van der Waals surface area contributed by atoms with Gasteiger partial charge in [0.1, 0.15) is 0 Å². The summed E-state index contributed by atoms with van der Waals surface area (Å²) in [4.78, 5) is 36.7. The first-order valence-electron chi connectivity index (χ1n) is 7.09. The Balaban J connectivity index is 2.24. The number of hydrogen-bond acceptors (Lipinski definition) is 7. The van der Waals surface area contributed by atoms with Crippen LogP contribution < -0.4 is 33.3 Å².